The molecule has 0 unspecified atom stereocenters. The number of methoxy groups -OCH3 is 1. The van der Waals surface area contributed by atoms with Crippen molar-refractivity contribution in [1.82, 2.24) is 0 Å². The number of amides is 2. The molecule has 0 atom stereocenters. The monoisotopic (exact) mass is 436 g/mol. The van der Waals surface area contributed by atoms with Crippen molar-refractivity contribution in [3.63, 3.8) is 0 Å². The lowest BCUT2D eigenvalue weighted by Gasteiger charge is -2.13. The standard InChI is InChI=1S/C25H25FN2O4/c1-3-4-14-32-21-11-8-17(9-12-21)24(29)27-20-10-13-23(31-2)22(16-20)28-25(30)18-6-5-7-19(26)15-18/h5-13,15-16H,3-4,14H2,1-2H3,(H,27,29)(H,28,30). The quantitative estimate of drug-likeness (QED) is 0.433. The van der Waals surface area contributed by atoms with Crippen molar-refractivity contribution in [2.24, 2.45) is 0 Å². The molecule has 3 aromatic rings. The van der Waals surface area contributed by atoms with Gasteiger partial charge in [-0.15, -0.1) is 0 Å². The fraction of sp³-hybridized carbons (Fsp3) is 0.200. The third-order valence-electron chi connectivity index (χ3n) is 4.68. The van der Waals surface area contributed by atoms with E-state index in [1.807, 2.05) is 0 Å². The van der Waals surface area contributed by atoms with E-state index in [4.69, 9.17) is 9.47 Å². The summed E-state index contributed by atoms with van der Waals surface area (Å²) in [6, 6.07) is 17.1. The lowest BCUT2D eigenvalue weighted by Crippen LogP contribution is -2.15. The number of hydrogen-bond donors (Lipinski definition) is 2. The maximum Gasteiger partial charge on any atom is 0.255 e. The molecule has 0 aliphatic rings. The van der Waals surface area contributed by atoms with Gasteiger partial charge in [-0.25, -0.2) is 4.39 Å². The van der Waals surface area contributed by atoms with Gasteiger partial charge in [-0.2, -0.15) is 0 Å². The summed E-state index contributed by atoms with van der Waals surface area (Å²) in [4.78, 5) is 25.1. The van der Waals surface area contributed by atoms with Gasteiger partial charge in [-0.1, -0.05) is 19.4 Å². The Morgan fingerprint density at radius 1 is 0.906 bits per heavy atom. The number of halogens is 1. The molecular weight excluding hydrogens is 411 g/mol. The van der Waals surface area contributed by atoms with Crippen LogP contribution in [0.5, 0.6) is 11.5 Å². The van der Waals surface area contributed by atoms with Crippen LogP contribution in [-0.4, -0.2) is 25.5 Å². The molecule has 2 N–H and O–H groups in total. The molecule has 3 aromatic carbocycles. The topological polar surface area (TPSA) is 76.7 Å². The normalized spacial score (nSPS) is 10.3. The summed E-state index contributed by atoms with van der Waals surface area (Å²) < 4.78 is 24.3. The third-order valence-corrected chi connectivity index (χ3v) is 4.68. The Morgan fingerprint density at radius 3 is 2.34 bits per heavy atom. The highest BCUT2D eigenvalue weighted by Gasteiger charge is 2.13. The van der Waals surface area contributed by atoms with Crippen LogP contribution < -0.4 is 20.1 Å². The molecule has 0 saturated carbocycles. The van der Waals surface area contributed by atoms with Gasteiger partial charge in [0.05, 0.1) is 19.4 Å². The van der Waals surface area contributed by atoms with Crippen LogP contribution in [0.3, 0.4) is 0 Å². The lowest BCUT2D eigenvalue weighted by atomic mass is 10.1. The molecule has 166 valence electrons. The van der Waals surface area contributed by atoms with Crippen LogP contribution >= 0.6 is 0 Å². The van der Waals surface area contributed by atoms with Crippen molar-refractivity contribution >= 4 is 23.2 Å². The van der Waals surface area contributed by atoms with Crippen LogP contribution in [-0.2, 0) is 0 Å². The van der Waals surface area contributed by atoms with E-state index in [9.17, 15) is 14.0 Å². The number of carbonyl (C=O) groups is 2. The van der Waals surface area contributed by atoms with Crippen molar-refractivity contribution in [1.29, 1.82) is 0 Å². The van der Waals surface area contributed by atoms with Crippen LogP contribution in [0.2, 0.25) is 0 Å². The maximum absolute atomic E-state index is 13.4. The zero-order chi connectivity index (χ0) is 22.9. The van der Waals surface area contributed by atoms with Gasteiger partial charge < -0.3 is 20.1 Å². The predicted octanol–water partition coefficient (Wildman–Crippen LogP) is 5.52. The Kier molecular flexibility index (Phi) is 7.80. The van der Waals surface area contributed by atoms with Crippen LogP contribution in [0.15, 0.2) is 66.7 Å². The summed E-state index contributed by atoms with van der Waals surface area (Å²) in [6.45, 7) is 2.73. The molecule has 6 nitrogen and oxygen atoms in total. The second-order valence-electron chi connectivity index (χ2n) is 7.06. The van der Waals surface area contributed by atoms with E-state index in [0.717, 1.165) is 18.9 Å². The second-order valence-corrected chi connectivity index (χ2v) is 7.06. The SMILES string of the molecule is CCCCOc1ccc(C(=O)Nc2ccc(OC)c(NC(=O)c3cccc(F)c3)c2)cc1. The minimum absolute atomic E-state index is 0.169. The molecule has 0 bridgehead atoms. The van der Waals surface area contributed by atoms with Gasteiger partial charge in [0.25, 0.3) is 11.8 Å². The largest absolute Gasteiger partial charge is 0.495 e. The smallest absolute Gasteiger partial charge is 0.255 e. The number of anilines is 2. The molecule has 0 aliphatic carbocycles. The van der Waals surface area contributed by atoms with Crippen LogP contribution in [0, 0.1) is 5.82 Å². The Morgan fingerprint density at radius 2 is 1.66 bits per heavy atom. The summed E-state index contributed by atoms with van der Waals surface area (Å²) in [5, 5.41) is 5.49. The number of rotatable bonds is 9. The fourth-order valence-corrected chi connectivity index (χ4v) is 2.95. The van der Waals surface area contributed by atoms with Gasteiger partial charge in [0.2, 0.25) is 0 Å². The number of carbonyl (C=O) groups excluding carboxylic acids is 2. The van der Waals surface area contributed by atoms with Crippen LogP contribution in [0.1, 0.15) is 40.5 Å². The van der Waals surface area contributed by atoms with Crippen molar-refractivity contribution in [2.75, 3.05) is 24.4 Å². The second kappa shape index (κ2) is 10.9. The number of benzene rings is 3. The van der Waals surface area contributed by atoms with Gasteiger partial charge in [0.15, 0.2) is 0 Å². The zero-order valence-electron chi connectivity index (χ0n) is 18.0. The average molecular weight is 436 g/mol. The summed E-state index contributed by atoms with van der Waals surface area (Å²) in [5.74, 6) is -0.196. The van der Waals surface area contributed by atoms with Gasteiger partial charge in [-0.3, -0.25) is 9.59 Å². The number of hydrogen-bond acceptors (Lipinski definition) is 4. The zero-order valence-corrected chi connectivity index (χ0v) is 18.0. The van der Waals surface area contributed by atoms with Crippen molar-refractivity contribution in [3.05, 3.63) is 83.7 Å². The Hall–Kier alpha value is -3.87. The molecule has 0 radical (unpaired) electrons. The number of unbranched alkanes of at least 4 members (excludes halogenated alkanes) is 1. The first-order valence-corrected chi connectivity index (χ1v) is 10.3. The minimum atomic E-state index is -0.507. The van der Waals surface area contributed by atoms with E-state index in [1.54, 1.807) is 42.5 Å². The van der Waals surface area contributed by atoms with Gasteiger partial charge in [0.1, 0.15) is 17.3 Å². The Bertz CT molecular complexity index is 1080. The summed E-state index contributed by atoms with van der Waals surface area (Å²) in [7, 11) is 1.47. The molecule has 7 heteroatoms. The summed E-state index contributed by atoms with van der Waals surface area (Å²) in [5.41, 5.74) is 1.45. The molecule has 0 heterocycles. The summed E-state index contributed by atoms with van der Waals surface area (Å²) >= 11 is 0. The van der Waals surface area contributed by atoms with Gasteiger partial charge in [0, 0.05) is 16.8 Å². The molecule has 0 spiro atoms. The Balaban J connectivity index is 1.70. The molecule has 32 heavy (non-hydrogen) atoms. The predicted molar refractivity (Wildman–Crippen MR) is 122 cm³/mol. The van der Waals surface area contributed by atoms with E-state index in [0.29, 0.717) is 35.0 Å². The highest BCUT2D eigenvalue weighted by molar-refractivity contribution is 6.07. The number of nitrogens with one attached hydrogen (secondary N) is 2. The van der Waals surface area contributed by atoms with Crippen molar-refractivity contribution < 1.29 is 23.5 Å². The molecule has 0 aromatic heterocycles. The molecule has 0 fully saturated rings. The van der Waals surface area contributed by atoms with Gasteiger partial charge in [-0.05, 0) is 67.1 Å². The van der Waals surface area contributed by atoms with Gasteiger partial charge >= 0.3 is 0 Å². The highest BCUT2D eigenvalue weighted by Crippen LogP contribution is 2.29. The van der Waals surface area contributed by atoms with E-state index in [-0.39, 0.29) is 11.5 Å². The van der Waals surface area contributed by atoms with E-state index < -0.39 is 11.7 Å². The average Bonchev–Trinajstić information content (AvgIpc) is 2.80. The van der Waals surface area contributed by atoms with Crippen LogP contribution in [0.4, 0.5) is 15.8 Å². The fourth-order valence-electron chi connectivity index (χ4n) is 2.95. The minimum Gasteiger partial charge on any atom is -0.495 e. The lowest BCUT2D eigenvalue weighted by molar-refractivity contribution is 0.101. The van der Waals surface area contributed by atoms with Crippen LogP contribution in [0.25, 0.3) is 0 Å². The van der Waals surface area contributed by atoms with Crippen molar-refractivity contribution in [3.8, 4) is 11.5 Å². The van der Waals surface area contributed by atoms with E-state index in [1.165, 1.54) is 25.3 Å². The third kappa shape index (κ3) is 6.07. The highest BCUT2D eigenvalue weighted by atomic mass is 19.1. The molecule has 2 amide bonds. The van der Waals surface area contributed by atoms with E-state index in [2.05, 4.69) is 17.6 Å². The molecule has 3 rings (SSSR count). The molecule has 0 aliphatic heterocycles. The first kappa shape index (κ1) is 22.8. The van der Waals surface area contributed by atoms with E-state index >= 15 is 0 Å². The maximum atomic E-state index is 13.4. The molecule has 0 saturated heterocycles. The first-order chi connectivity index (χ1) is 15.5. The van der Waals surface area contributed by atoms with Crippen molar-refractivity contribution in [2.45, 2.75) is 19.8 Å². The number of ether oxygens (including phenoxy) is 2. The molecular formula is C25H25FN2O4. The Labute approximate surface area is 186 Å². The summed E-state index contributed by atoms with van der Waals surface area (Å²) in [6.07, 6.45) is 2.02. The first-order valence-electron chi connectivity index (χ1n) is 10.3.